The van der Waals surface area contributed by atoms with Gasteiger partial charge in [-0.1, -0.05) is 53.3 Å². The maximum atomic E-state index is 6.12. The zero-order valence-corrected chi connectivity index (χ0v) is 15.3. The maximum Gasteiger partial charge on any atom is 0.235 e. The molecule has 0 aliphatic heterocycles. The minimum atomic E-state index is -0.604. The third-order valence-electron chi connectivity index (χ3n) is 3.72. The fourth-order valence-corrected chi connectivity index (χ4v) is 3.47. The van der Waals surface area contributed by atoms with Crippen molar-refractivity contribution in [3.05, 3.63) is 64.6 Å². The Morgan fingerprint density at radius 3 is 2.44 bits per heavy atom. The Hall–Kier alpha value is -2.44. The highest BCUT2D eigenvalue weighted by atomic mass is 35.5. The van der Waals surface area contributed by atoms with Gasteiger partial charge in [0.15, 0.2) is 16.4 Å². The summed E-state index contributed by atoms with van der Waals surface area (Å²) in [6.45, 7) is 3.96. The van der Waals surface area contributed by atoms with Crippen LogP contribution >= 0.6 is 22.9 Å². The quantitative estimate of drug-likeness (QED) is 0.516. The van der Waals surface area contributed by atoms with Crippen LogP contribution in [0, 0.1) is 0 Å². The number of benzene rings is 2. The molecule has 0 aliphatic carbocycles. The molecule has 0 unspecified atom stereocenters. The van der Waals surface area contributed by atoms with E-state index in [1.54, 1.807) is 16.6 Å². The molecule has 2 aromatic carbocycles. The Kier molecular flexibility index (Phi) is 3.94. The van der Waals surface area contributed by atoms with E-state index in [0.717, 1.165) is 27.1 Å². The van der Waals surface area contributed by atoms with Crippen molar-refractivity contribution in [2.75, 3.05) is 0 Å². The Labute approximate surface area is 153 Å². The van der Waals surface area contributed by atoms with Gasteiger partial charge in [-0.05, 0) is 38.1 Å². The molecule has 5 nitrogen and oxygen atoms in total. The second-order valence-corrected chi connectivity index (χ2v) is 7.45. The number of hydrogen-bond acceptors (Lipinski definition) is 5. The van der Waals surface area contributed by atoms with E-state index in [1.165, 1.54) is 11.3 Å². The van der Waals surface area contributed by atoms with Gasteiger partial charge in [0.2, 0.25) is 4.96 Å². The summed E-state index contributed by atoms with van der Waals surface area (Å²) in [5.74, 6) is 1.46. The van der Waals surface area contributed by atoms with Crippen LogP contribution in [0.25, 0.3) is 16.3 Å². The number of aromatic nitrogens is 4. The smallest absolute Gasteiger partial charge is 0.235 e. The zero-order valence-electron chi connectivity index (χ0n) is 13.7. The molecule has 0 fully saturated rings. The van der Waals surface area contributed by atoms with Crippen LogP contribution in [0.5, 0.6) is 5.75 Å². The maximum absolute atomic E-state index is 6.12. The summed E-state index contributed by atoms with van der Waals surface area (Å²) in [7, 11) is 0. The third kappa shape index (κ3) is 3.10. The van der Waals surface area contributed by atoms with Crippen LogP contribution < -0.4 is 4.74 Å². The van der Waals surface area contributed by atoms with Gasteiger partial charge in [0.25, 0.3) is 0 Å². The van der Waals surface area contributed by atoms with Gasteiger partial charge in [0, 0.05) is 10.6 Å². The second kappa shape index (κ2) is 6.13. The first kappa shape index (κ1) is 16.1. The Bertz CT molecular complexity index is 1010. The van der Waals surface area contributed by atoms with Gasteiger partial charge in [-0.2, -0.15) is 9.61 Å². The predicted molar refractivity (Wildman–Crippen MR) is 99.2 cm³/mol. The number of halogens is 1. The lowest BCUT2D eigenvalue weighted by Gasteiger charge is -2.23. The molecular weight excluding hydrogens is 356 g/mol. The first-order valence-electron chi connectivity index (χ1n) is 7.76. The molecule has 0 spiro atoms. The average Bonchev–Trinajstić information content (AvgIpc) is 3.18. The van der Waals surface area contributed by atoms with Crippen molar-refractivity contribution >= 4 is 27.9 Å². The monoisotopic (exact) mass is 370 g/mol. The zero-order chi connectivity index (χ0) is 17.4. The molecule has 0 saturated carbocycles. The third-order valence-corrected chi connectivity index (χ3v) is 5.18. The summed E-state index contributed by atoms with van der Waals surface area (Å²) in [6, 6.07) is 17.2. The molecule has 2 aromatic heterocycles. The molecule has 0 saturated heterocycles. The topological polar surface area (TPSA) is 52.3 Å². The van der Waals surface area contributed by atoms with E-state index in [4.69, 9.17) is 21.4 Å². The molecule has 7 heteroatoms. The molecule has 25 heavy (non-hydrogen) atoms. The molecule has 2 heterocycles. The minimum absolute atomic E-state index is 0.604. The lowest BCUT2D eigenvalue weighted by atomic mass is 10.1. The van der Waals surface area contributed by atoms with Crippen molar-refractivity contribution in [1.82, 2.24) is 19.8 Å². The minimum Gasteiger partial charge on any atom is -0.481 e. The largest absolute Gasteiger partial charge is 0.481 e. The van der Waals surface area contributed by atoms with E-state index in [9.17, 15) is 0 Å². The molecule has 0 radical (unpaired) electrons. The standard InChI is InChI=1S/C18H15ClN4OS/c1-18(2,24-14-10-8-13(19)9-11-14)16-22-23-15(20-21-17(23)25-16)12-6-4-3-5-7-12/h3-11H,1-2H3. The van der Waals surface area contributed by atoms with Crippen LogP contribution in [0.15, 0.2) is 54.6 Å². The lowest BCUT2D eigenvalue weighted by Crippen LogP contribution is -2.25. The normalized spacial score (nSPS) is 11.8. The van der Waals surface area contributed by atoms with E-state index < -0.39 is 5.60 Å². The molecule has 0 aliphatic rings. The molecule has 0 atom stereocenters. The van der Waals surface area contributed by atoms with Gasteiger partial charge >= 0.3 is 0 Å². The number of rotatable bonds is 4. The van der Waals surface area contributed by atoms with E-state index in [-0.39, 0.29) is 0 Å². The van der Waals surface area contributed by atoms with Gasteiger partial charge in [0.05, 0.1) is 0 Å². The molecule has 0 amide bonds. The van der Waals surface area contributed by atoms with Gasteiger partial charge in [0.1, 0.15) is 5.75 Å². The molecule has 0 bridgehead atoms. The lowest BCUT2D eigenvalue weighted by molar-refractivity contribution is 0.107. The SMILES string of the molecule is CC(C)(Oc1ccc(Cl)cc1)c1nn2c(-c3ccccc3)nnc2s1. The highest BCUT2D eigenvalue weighted by Crippen LogP contribution is 2.32. The predicted octanol–water partition coefficient (Wildman–Crippen LogP) is 4.82. The van der Waals surface area contributed by atoms with Crippen molar-refractivity contribution in [3.8, 4) is 17.1 Å². The Balaban J connectivity index is 1.69. The summed E-state index contributed by atoms with van der Waals surface area (Å²) < 4.78 is 7.88. The van der Waals surface area contributed by atoms with E-state index >= 15 is 0 Å². The molecule has 4 aromatic rings. The van der Waals surface area contributed by atoms with E-state index in [1.807, 2.05) is 56.3 Å². The van der Waals surface area contributed by atoms with Crippen LogP contribution in [0.1, 0.15) is 18.9 Å². The number of fused-ring (bicyclic) bond motifs is 1. The average molecular weight is 371 g/mol. The second-order valence-electron chi connectivity index (χ2n) is 6.06. The molecule has 126 valence electrons. The molecular formula is C18H15ClN4OS. The van der Waals surface area contributed by atoms with E-state index in [0.29, 0.717) is 5.02 Å². The van der Waals surface area contributed by atoms with Crippen molar-refractivity contribution in [1.29, 1.82) is 0 Å². The van der Waals surface area contributed by atoms with Crippen LogP contribution in [0.3, 0.4) is 0 Å². The highest BCUT2D eigenvalue weighted by molar-refractivity contribution is 7.16. The van der Waals surface area contributed by atoms with Crippen molar-refractivity contribution < 1.29 is 4.74 Å². The first-order valence-corrected chi connectivity index (χ1v) is 8.95. The number of hydrogen-bond donors (Lipinski definition) is 0. The van der Waals surface area contributed by atoms with Gasteiger partial charge < -0.3 is 4.74 Å². The fourth-order valence-electron chi connectivity index (χ4n) is 2.47. The molecule has 0 N–H and O–H groups in total. The summed E-state index contributed by atoms with van der Waals surface area (Å²) in [5, 5.41) is 14.7. The van der Waals surface area contributed by atoms with Gasteiger partial charge in [-0.15, -0.1) is 10.2 Å². The van der Waals surface area contributed by atoms with Crippen LogP contribution in [-0.2, 0) is 5.60 Å². The summed E-state index contributed by atoms with van der Waals surface area (Å²) in [4.78, 5) is 0.738. The van der Waals surface area contributed by atoms with Crippen LogP contribution in [-0.4, -0.2) is 19.8 Å². The summed E-state index contributed by atoms with van der Waals surface area (Å²) >= 11 is 7.40. The van der Waals surface area contributed by atoms with Crippen LogP contribution in [0.2, 0.25) is 5.02 Å². The van der Waals surface area contributed by atoms with Crippen molar-refractivity contribution in [2.45, 2.75) is 19.4 Å². The number of ether oxygens (including phenoxy) is 1. The summed E-state index contributed by atoms with van der Waals surface area (Å²) in [6.07, 6.45) is 0. The van der Waals surface area contributed by atoms with Gasteiger partial charge in [-0.3, -0.25) is 0 Å². The first-order chi connectivity index (χ1) is 12.0. The fraction of sp³-hybridized carbons (Fsp3) is 0.167. The van der Waals surface area contributed by atoms with Gasteiger partial charge in [-0.25, -0.2) is 0 Å². The van der Waals surface area contributed by atoms with Crippen molar-refractivity contribution in [2.24, 2.45) is 0 Å². The van der Waals surface area contributed by atoms with E-state index in [2.05, 4.69) is 10.2 Å². The number of nitrogens with zero attached hydrogens (tertiary/aromatic N) is 4. The Morgan fingerprint density at radius 1 is 1.00 bits per heavy atom. The van der Waals surface area contributed by atoms with Crippen molar-refractivity contribution in [3.63, 3.8) is 0 Å². The molecule has 4 rings (SSSR count). The summed E-state index contributed by atoms with van der Waals surface area (Å²) in [5.41, 5.74) is 0.371. The highest BCUT2D eigenvalue weighted by Gasteiger charge is 2.29. The van der Waals surface area contributed by atoms with Crippen LogP contribution in [0.4, 0.5) is 0 Å². The Morgan fingerprint density at radius 2 is 1.72 bits per heavy atom.